The maximum atomic E-state index is 12.0. The lowest BCUT2D eigenvalue weighted by atomic mass is 10.3. The molecule has 0 aromatic heterocycles. The third kappa shape index (κ3) is 6.94. The van der Waals surface area contributed by atoms with Crippen LogP contribution in [-0.4, -0.2) is 18.5 Å². The first-order valence-electron chi connectivity index (χ1n) is 8.72. The molecule has 0 radical (unpaired) electrons. The largest absolute Gasteiger partial charge is 0.482 e. The highest BCUT2D eigenvalue weighted by Crippen LogP contribution is 2.33. The monoisotopic (exact) mass is 498 g/mol. The Bertz CT molecular complexity index is 1090. The number of amides is 3. The van der Waals surface area contributed by atoms with Gasteiger partial charge < -0.3 is 14.8 Å². The summed E-state index contributed by atoms with van der Waals surface area (Å²) in [5.41, 5.74) is 0.460. The molecule has 3 amide bonds. The van der Waals surface area contributed by atoms with Crippen LogP contribution in [0.1, 0.15) is 0 Å². The fourth-order valence-corrected chi connectivity index (χ4v) is 3.05. The summed E-state index contributed by atoms with van der Waals surface area (Å²) in [5.74, 6) is 0.678. The molecule has 0 fully saturated rings. The molecule has 0 spiro atoms. The Balaban J connectivity index is 1.48. The molecule has 6 nitrogen and oxygen atoms in total. The van der Waals surface area contributed by atoms with E-state index in [9.17, 15) is 9.59 Å². The van der Waals surface area contributed by atoms with Gasteiger partial charge >= 0.3 is 6.03 Å². The predicted octanol–water partition coefficient (Wildman–Crippen LogP) is 6.82. The molecule has 0 aliphatic heterocycles. The number of nitrogens with one attached hydrogen (secondary N) is 2. The molecule has 0 unspecified atom stereocenters. The minimum atomic E-state index is -0.722. The summed E-state index contributed by atoms with van der Waals surface area (Å²) in [6, 6.07) is 15.5. The minimum absolute atomic E-state index is 0.169. The lowest BCUT2D eigenvalue weighted by Gasteiger charge is -2.10. The quantitative estimate of drug-likeness (QED) is 0.365. The second-order valence-corrected chi connectivity index (χ2v) is 7.73. The summed E-state index contributed by atoms with van der Waals surface area (Å²) in [5, 5.41) is 5.96. The van der Waals surface area contributed by atoms with Gasteiger partial charge in [-0.1, -0.05) is 46.4 Å². The van der Waals surface area contributed by atoms with Crippen molar-refractivity contribution in [3.8, 4) is 17.2 Å². The molecule has 2 N–H and O–H groups in total. The van der Waals surface area contributed by atoms with Gasteiger partial charge in [-0.25, -0.2) is 4.79 Å². The van der Waals surface area contributed by atoms with E-state index < -0.39 is 18.5 Å². The van der Waals surface area contributed by atoms with Crippen molar-refractivity contribution in [3.63, 3.8) is 0 Å². The Hall–Kier alpha value is -2.64. The average Bonchev–Trinajstić information content (AvgIpc) is 2.73. The van der Waals surface area contributed by atoms with Gasteiger partial charge in [-0.15, -0.1) is 0 Å². The second kappa shape index (κ2) is 10.6. The van der Waals surface area contributed by atoms with Crippen molar-refractivity contribution in [2.75, 3.05) is 11.9 Å². The van der Waals surface area contributed by atoms with Crippen molar-refractivity contribution in [2.45, 2.75) is 0 Å². The van der Waals surface area contributed by atoms with E-state index in [0.29, 0.717) is 22.2 Å². The highest BCUT2D eigenvalue weighted by atomic mass is 35.5. The topological polar surface area (TPSA) is 76.7 Å². The number of ether oxygens (including phenoxy) is 2. The maximum Gasteiger partial charge on any atom is 0.325 e. The van der Waals surface area contributed by atoms with Crippen LogP contribution in [0.5, 0.6) is 17.2 Å². The normalized spacial score (nSPS) is 10.3. The standard InChI is InChI=1S/C21H14Cl4N2O4/c22-12-1-5-14(6-2-12)31-15-7-3-13(4-8-15)26-21(29)27-20(28)11-30-19-10-17(24)16(23)9-18(19)25/h1-10H,11H2,(H2,26,27,28,29). The van der Waals surface area contributed by atoms with Crippen LogP contribution in [0.2, 0.25) is 20.1 Å². The van der Waals surface area contributed by atoms with Crippen LogP contribution in [0, 0.1) is 0 Å². The third-order valence-corrected chi connectivity index (χ3v) is 5.02. The molecule has 160 valence electrons. The fourth-order valence-electron chi connectivity index (χ4n) is 2.33. The van der Waals surface area contributed by atoms with E-state index in [0.717, 1.165) is 0 Å². The number of carbonyl (C=O) groups excluding carboxylic acids is 2. The van der Waals surface area contributed by atoms with Crippen molar-refractivity contribution >= 4 is 64.0 Å². The molecule has 0 heterocycles. The average molecular weight is 500 g/mol. The van der Waals surface area contributed by atoms with Crippen molar-refractivity contribution in [3.05, 3.63) is 80.8 Å². The number of halogens is 4. The fraction of sp³-hybridized carbons (Fsp3) is 0.0476. The van der Waals surface area contributed by atoms with Gasteiger partial charge in [-0.2, -0.15) is 0 Å². The molecule has 0 aliphatic rings. The summed E-state index contributed by atoms with van der Waals surface area (Å²) >= 11 is 23.5. The Kier molecular flexibility index (Phi) is 7.87. The van der Waals surface area contributed by atoms with E-state index in [-0.39, 0.29) is 20.8 Å². The number of imide groups is 1. The zero-order chi connectivity index (χ0) is 22.4. The van der Waals surface area contributed by atoms with E-state index in [1.54, 1.807) is 48.5 Å². The first-order chi connectivity index (χ1) is 14.8. The summed E-state index contributed by atoms with van der Waals surface area (Å²) in [6.45, 7) is -0.445. The summed E-state index contributed by atoms with van der Waals surface area (Å²) < 4.78 is 10.9. The van der Waals surface area contributed by atoms with E-state index >= 15 is 0 Å². The van der Waals surface area contributed by atoms with Gasteiger partial charge in [0.2, 0.25) is 0 Å². The van der Waals surface area contributed by atoms with Crippen LogP contribution in [-0.2, 0) is 4.79 Å². The van der Waals surface area contributed by atoms with Crippen LogP contribution in [0.25, 0.3) is 0 Å². The molecule has 0 aliphatic carbocycles. The lowest BCUT2D eigenvalue weighted by Crippen LogP contribution is -2.37. The highest BCUT2D eigenvalue weighted by Gasteiger charge is 2.12. The predicted molar refractivity (Wildman–Crippen MR) is 122 cm³/mol. The maximum absolute atomic E-state index is 12.0. The zero-order valence-corrected chi connectivity index (χ0v) is 18.6. The van der Waals surface area contributed by atoms with Gasteiger partial charge in [0.15, 0.2) is 6.61 Å². The van der Waals surface area contributed by atoms with E-state index in [2.05, 4.69) is 10.6 Å². The second-order valence-electron chi connectivity index (χ2n) is 6.07. The molecule has 3 aromatic carbocycles. The zero-order valence-electron chi connectivity index (χ0n) is 15.6. The highest BCUT2D eigenvalue weighted by molar-refractivity contribution is 6.43. The number of anilines is 1. The summed E-state index contributed by atoms with van der Waals surface area (Å²) in [6.07, 6.45) is 0. The van der Waals surface area contributed by atoms with Crippen molar-refractivity contribution in [1.29, 1.82) is 0 Å². The number of carbonyl (C=O) groups is 2. The Labute approximate surface area is 198 Å². The number of hydrogen-bond acceptors (Lipinski definition) is 4. The Morgan fingerprint density at radius 3 is 2.00 bits per heavy atom. The van der Waals surface area contributed by atoms with Gasteiger partial charge in [-0.3, -0.25) is 10.1 Å². The van der Waals surface area contributed by atoms with E-state index in [4.69, 9.17) is 55.9 Å². The molecular weight excluding hydrogens is 486 g/mol. The summed E-state index contributed by atoms with van der Waals surface area (Å²) in [4.78, 5) is 23.9. The molecule has 31 heavy (non-hydrogen) atoms. The van der Waals surface area contributed by atoms with Crippen molar-refractivity contribution in [1.82, 2.24) is 5.32 Å². The lowest BCUT2D eigenvalue weighted by molar-refractivity contribution is -0.121. The van der Waals surface area contributed by atoms with Gasteiger partial charge in [0.25, 0.3) is 5.91 Å². The molecule has 0 saturated carbocycles. The van der Waals surface area contributed by atoms with E-state index in [1.165, 1.54) is 12.1 Å². The van der Waals surface area contributed by atoms with Crippen LogP contribution in [0.15, 0.2) is 60.7 Å². The van der Waals surface area contributed by atoms with Crippen LogP contribution in [0.3, 0.4) is 0 Å². The van der Waals surface area contributed by atoms with Gasteiger partial charge in [0.1, 0.15) is 17.2 Å². The molecule has 0 bridgehead atoms. The van der Waals surface area contributed by atoms with E-state index in [1.807, 2.05) is 0 Å². The molecule has 3 aromatic rings. The molecule has 3 rings (SSSR count). The molecule has 0 saturated heterocycles. The number of urea groups is 1. The van der Waals surface area contributed by atoms with Crippen LogP contribution < -0.4 is 20.1 Å². The summed E-state index contributed by atoms with van der Waals surface area (Å²) in [7, 11) is 0. The number of benzene rings is 3. The molecule has 10 heteroatoms. The Morgan fingerprint density at radius 1 is 0.774 bits per heavy atom. The molecule has 0 atom stereocenters. The first-order valence-corrected chi connectivity index (χ1v) is 10.2. The van der Waals surface area contributed by atoms with Crippen LogP contribution in [0.4, 0.5) is 10.5 Å². The van der Waals surface area contributed by atoms with Crippen LogP contribution >= 0.6 is 46.4 Å². The number of rotatable bonds is 6. The number of hydrogen-bond donors (Lipinski definition) is 2. The third-order valence-electron chi connectivity index (χ3n) is 3.75. The smallest absolute Gasteiger partial charge is 0.325 e. The SMILES string of the molecule is O=C(COc1cc(Cl)c(Cl)cc1Cl)NC(=O)Nc1ccc(Oc2ccc(Cl)cc2)cc1. The first kappa shape index (κ1) is 23.0. The van der Waals surface area contributed by atoms with Gasteiger partial charge in [0.05, 0.1) is 15.1 Å². The van der Waals surface area contributed by atoms with Crippen molar-refractivity contribution in [2.24, 2.45) is 0 Å². The molecular formula is C21H14Cl4N2O4. The van der Waals surface area contributed by atoms with Crippen molar-refractivity contribution < 1.29 is 19.1 Å². The van der Waals surface area contributed by atoms with Gasteiger partial charge in [0, 0.05) is 16.8 Å². The Morgan fingerprint density at radius 2 is 1.35 bits per heavy atom. The van der Waals surface area contributed by atoms with Gasteiger partial charge in [-0.05, 0) is 54.6 Å². The minimum Gasteiger partial charge on any atom is -0.482 e.